The highest BCUT2D eigenvalue weighted by Crippen LogP contribution is 2.23. The number of benzene rings is 2. The van der Waals surface area contributed by atoms with Crippen molar-refractivity contribution < 1.29 is 13.5 Å². The second kappa shape index (κ2) is 6.17. The van der Waals surface area contributed by atoms with Crippen LogP contribution in [0.15, 0.2) is 51.8 Å². The Labute approximate surface area is 133 Å². The summed E-state index contributed by atoms with van der Waals surface area (Å²) in [4.78, 5) is 0.160. The molecule has 0 spiro atoms. The van der Waals surface area contributed by atoms with E-state index in [-0.39, 0.29) is 4.90 Å². The van der Waals surface area contributed by atoms with Crippen LogP contribution in [0.5, 0.6) is 0 Å². The molecule has 0 aromatic heterocycles. The van der Waals surface area contributed by atoms with Crippen LogP contribution < -0.4 is 4.72 Å². The van der Waals surface area contributed by atoms with Gasteiger partial charge in [0, 0.05) is 10.2 Å². The summed E-state index contributed by atoms with van der Waals surface area (Å²) in [6.45, 7) is 3.52. The van der Waals surface area contributed by atoms with E-state index < -0.39 is 16.1 Å². The second-order valence-electron chi connectivity index (χ2n) is 4.81. The van der Waals surface area contributed by atoms with Crippen LogP contribution in [0.25, 0.3) is 0 Å². The van der Waals surface area contributed by atoms with Crippen molar-refractivity contribution in [2.75, 3.05) is 4.72 Å². The quantitative estimate of drug-likeness (QED) is 0.864. The van der Waals surface area contributed by atoms with Gasteiger partial charge in [-0.1, -0.05) is 28.1 Å². The van der Waals surface area contributed by atoms with E-state index in [0.717, 1.165) is 10.0 Å². The Bertz CT molecular complexity index is 740. The summed E-state index contributed by atoms with van der Waals surface area (Å²) in [6, 6.07) is 11.4. The third kappa shape index (κ3) is 3.84. The van der Waals surface area contributed by atoms with Crippen LogP contribution in [-0.2, 0) is 10.0 Å². The summed E-state index contributed by atoms with van der Waals surface area (Å²) in [5.74, 6) is 0. The predicted molar refractivity (Wildman–Crippen MR) is 86.8 cm³/mol. The van der Waals surface area contributed by atoms with Crippen LogP contribution in [0.2, 0.25) is 0 Å². The number of nitrogens with one attached hydrogen (secondary N) is 1. The van der Waals surface area contributed by atoms with Gasteiger partial charge in [-0.15, -0.1) is 0 Å². The first-order valence-corrected chi connectivity index (χ1v) is 8.64. The van der Waals surface area contributed by atoms with Gasteiger partial charge in [0.25, 0.3) is 10.0 Å². The first-order valence-electron chi connectivity index (χ1n) is 6.36. The lowest BCUT2D eigenvalue weighted by molar-refractivity contribution is 0.199. The SMILES string of the molecule is Cc1cc(NS(=O)(=O)c2ccc(C(C)O)cc2)ccc1Br. The number of anilines is 1. The molecule has 2 aromatic rings. The fourth-order valence-corrected chi connectivity index (χ4v) is 3.14. The smallest absolute Gasteiger partial charge is 0.261 e. The molecule has 6 heteroatoms. The lowest BCUT2D eigenvalue weighted by Gasteiger charge is -2.10. The summed E-state index contributed by atoms with van der Waals surface area (Å²) in [5.41, 5.74) is 2.13. The Hall–Kier alpha value is -1.37. The van der Waals surface area contributed by atoms with E-state index in [0.29, 0.717) is 11.3 Å². The van der Waals surface area contributed by atoms with Gasteiger partial charge in [0.15, 0.2) is 0 Å². The Morgan fingerprint density at radius 2 is 1.76 bits per heavy atom. The van der Waals surface area contributed by atoms with E-state index in [2.05, 4.69) is 20.7 Å². The van der Waals surface area contributed by atoms with Gasteiger partial charge < -0.3 is 5.11 Å². The van der Waals surface area contributed by atoms with E-state index in [1.54, 1.807) is 37.3 Å². The number of rotatable bonds is 4. The number of aliphatic hydroxyl groups excluding tert-OH is 1. The number of hydrogen-bond acceptors (Lipinski definition) is 3. The molecule has 2 N–H and O–H groups in total. The van der Waals surface area contributed by atoms with Gasteiger partial charge in [-0.25, -0.2) is 8.42 Å². The van der Waals surface area contributed by atoms with Gasteiger partial charge in [0.05, 0.1) is 11.0 Å². The van der Waals surface area contributed by atoms with Crippen LogP contribution in [0.1, 0.15) is 24.2 Å². The highest BCUT2D eigenvalue weighted by molar-refractivity contribution is 9.10. The van der Waals surface area contributed by atoms with Crippen molar-refractivity contribution in [1.82, 2.24) is 0 Å². The molecule has 0 aliphatic carbocycles. The second-order valence-corrected chi connectivity index (χ2v) is 7.35. The molecule has 0 saturated carbocycles. The molecule has 2 aromatic carbocycles. The minimum atomic E-state index is -3.63. The van der Waals surface area contributed by atoms with Crippen molar-refractivity contribution in [2.45, 2.75) is 24.8 Å². The van der Waals surface area contributed by atoms with Gasteiger partial charge in [0.2, 0.25) is 0 Å². The summed E-state index contributed by atoms with van der Waals surface area (Å²) < 4.78 is 28.1. The molecule has 0 heterocycles. The summed E-state index contributed by atoms with van der Waals surface area (Å²) in [7, 11) is -3.63. The van der Waals surface area contributed by atoms with E-state index >= 15 is 0 Å². The molecule has 0 bridgehead atoms. The van der Waals surface area contributed by atoms with E-state index in [4.69, 9.17) is 0 Å². The zero-order chi connectivity index (χ0) is 15.6. The molecule has 0 aliphatic heterocycles. The van der Waals surface area contributed by atoms with Gasteiger partial charge >= 0.3 is 0 Å². The maximum Gasteiger partial charge on any atom is 0.261 e. The summed E-state index contributed by atoms with van der Waals surface area (Å²) in [6.07, 6.45) is -0.621. The molecule has 21 heavy (non-hydrogen) atoms. The Kier molecular flexibility index (Phi) is 4.70. The highest BCUT2D eigenvalue weighted by atomic mass is 79.9. The number of aliphatic hydroxyl groups is 1. The van der Waals surface area contributed by atoms with Gasteiger partial charge in [0.1, 0.15) is 0 Å². The molecule has 112 valence electrons. The minimum Gasteiger partial charge on any atom is -0.389 e. The third-order valence-corrected chi connectivity index (χ3v) is 5.37. The topological polar surface area (TPSA) is 66.4 Å². The van der Waals surface area contributed by atoms with Crippen LogP contribution in [0.4, 0.5) is 5.69 Å². The number of aryl methyl sites for hydroxylation is 1. The standard InChI is InChI=1S/C15H16BrNO3S/c1-10-9-13(5-8-15(10)16)17-21(19,20)14-6-3-12(4-7-14)11(2)18/h3-9,11,17-18H,1-2H3. The van der Waals surface area contributed by atoms with Crippen molar-refractivity contribution in [3.8, 4) is 0 Å². The zero-order valence-corrected chi connectivity index (χ0v) is 14.1. The number of halogens is 1. The molecule has 2 rings (SSSR count). The average molecular weight is 370 g/mol. The molecule has 0 amide bonds. The molecule has 4 nitrogen and oxygen atoms in total. The Balaban J connectivity index is 2.27. The van der Waals surface area contributed by atoms with Crippen molar-refractivity contribution in [2.24, 2.45) is 0 Å². The summed E-state index contributed by atoms with van der Waals surface area (Å²) in [5, 5.41) is 9.44. The Morgan fingerprint density at radius 3 is 2.29 bits per heavy atom. The van der Waals surface area contributed by atoms with Crippen LogP contribution in [-0.4, -0.2) is 13.5 Å². The molecule has 1 unspecified atom stereocenters. The minimum absolute atomic E-state index is 0.160. The molecule has 0 radical (unpaired) electrons. The molecule has 0 aliphatic rings. The lowest BCUT2D eigenvalue weighted by atomic mass is 10.1. The Morgan fingerprint density at radius 1 is 1.14 bits per heavy atom. The molecule has 0 saturated heterocycles. The fraction of sp³-hybridized carbons (Fsp3) is 0.200. The van der Waals surface area contributed by atoms with Gasteiger partial charge in [-0.05, 0) is 55.3 Å². The number of sulfonamides is 1. The molecule has 1 atom stereocenters. The zero-order valence-electron chi connectivity index (χ0n) is 11.7. The van der Waals surface area contributed by atoms with Crippen molar-refractivity contribution in [3.63, 3.8) is 0 Å². The third-order valence-electron chi connectivity index (χ3n) is 3.08. The predicted octanol–water partition coefficient (Wildman–Crippen LogP) is 3.61. The van der Waals surface area contributed by atoms with Crippen molar-refractivity contribution >= 4 is 31.6 Å². The molecule has 0 fully saturated rings. The molecular weight excluding hydrogens is 354 g/mol. The van der Waals surface area contributed by atoms with Gasteiger partial charge in [-0.3, -0.25) is 4.72 Å². The lowest BCUT2D eigenvalue weighted by Crippen LogP contribution is -2.13. The van der Waals surface area contributed by atoms with E-state index in [1.165, 1.54) is 12.1 Å². The van der Waals surface area contributed by atoms with E-state index in [9.17, 15) is 13.5 Å². The monoisotopic (exact) mass is 369 g/mol. The van der Waals surface area contributed by atoms with Crippen LogP contribution in [0.3, 0.4) is 0 Å². The fourth-order valence-electron chi connectivity index (χ4n) is 1.85. The first kappa shape index (κ1) is 16.0. The first-order chi connectivity index (χ1) is 9.79. The van der Waals surface area contributed by atoms with Crippen LogP contribution in [0, 0.1) is 6.92 Å². The highest BCUT2D eigenvalue weighted by Gasteiger charge is 2.15. The largest absolute Gasteiger partial charge is 0.389 e. The van der Waals surface area contributed by atoms with Crippen molar-refractivity contribution in [3.05, 3.63) is 58.1 Å². The number of hydrogen-bond donors (Lipinski definition) is 2. The maximum atomic E-state index is 12.3. The molecular formula is C15H16BrNO3S. The maximum absolute atomic E-state index is 12.3. The van der Waals surface area contributed by atoms with E-state index in [1.807, 2.05) is 6.92 Å². The summed E-state index contributed by atoms with van der Waals surface area (Å²) >= 11 is 3.37. The van der Waals surface area contributed by atoms with Crippen LogP contribution >= 0.6 is 15.9 Å². The normalized spacial score (nSPS) is 13.0. The van der Waals surface area contributed by atoms with Gasteiger partial charge in [-0.2, -0.15) is 0 Å². The van der Waals surface area contributed by atoms with Crippen molar-refractivity contribution in [1.29, 1.82) is 0 Å². The average Bonchev–Trinajstić information content (AvgIpc) is 2.43.